The van der Waals surface area contributed by atoms with Gasteiger partial charge in [0.1, 0.15) is 0 Å². The summed E-state index contributed by atoms with van der Waals surface area (Å²) >= 11 is 0. The van der Waals surface area contributed by atoms with E-state index < -0.39 is 0 Å². The Bertz CT molecular complexity index is 2160. The van der Waals surface area contributed by atoms with Crippen LogP contribution in [0.2, 0.25) is 0 Å². The number of aryl methyl sites for hydroxylation is 2. The smallest absolute Gasteiger partial charge is 0.248 e. The molecular weight excluding hydrogens is 538 g/mol. The molecule has 0 saturated carbocycles. The summed E-state index contributed by atoms with van der Waals surface area (Å²) in [7, 11) is 0. The summed E-state index contributed by atoms with van der Waals surface area (Å²) in [5, 5.41) is 11.0. The molecule has 0 N–H and O–H groups in total. The van der Waals surface area contributed by atoms with Gasteiger partial charge in [0, 0.05) is 27.6 Å². The lowest BCUT2D eigenvalue weighted by atomic mass is 9.99. The summed E-state index contributed by atoms with van der Waals surface area (Å²) in [5.41, 5.74) is 12.5. The third kappa shape index (κ3) is 4.58. The van der Waals surface area contributed by atoms with Crippen LogP contribution >= 0.6 is 0 Å². The Labute approximate surface area is 255 Å². The van der Waals surface area contributed by atoms with E-state index in [0.29, 0.717) is 11.8 Å². The van der Waals surface area contributed by atoms with Gasteiger partial charge in [-0.2, -0.15) is 0 Å². The molecule has 210 valence electrons. The van der Waals surface area contributed by atoms with Crippen LogP contribution in [-0.2, 0) is 0 Å². The van der Waals surface area contributed by atoms with E-state index in [1.54, 1.807) is 0 Å². The molecule has 0 bridgehead atoms. The second-order valence-corrected chi connectivity index (χ2v) is 11.4. The van der Waals surface area contributed by atoms with E-state index in [9.17, 15) is 0 Å². The highest BCUT2D eigenvalue weighted by atomic mass is 16.4. The lowest BCUT2D eigenvalue weighted by molar-refractivity contribution is 0.584. The van der Waals surface area contributed by atoms with Crippen LogP contribution in [0.4, 0.5) is 0 Å². The van der Waals surface area contributed by atoms with Crippen LogP contribution in [0.5, 0.6) is 0 Å². The van der Waals surface area contributed by atoms with E-state index in [4.69, 9.17) is 4.42 Å². The predicted molar refractivity (Wildman–Crippen MR) is 180 cm³/mol. The van der Waals surface area contributed by atoms with Crippen molar-refractivity contribution in [2.24, 2.45) is 0 Å². The van der Waals surface area contributed by atoms with Crippen molar-refractivity contribution in [2.45, 2.75) is 13.8 Å². The highest BCUT2D eigenvalue weighted by molar-refractivity contribution is 6.11. The third-order valence-corrected chi connectivity index (χ3v) is 8.35. The van der Waals surface area contributed by atoms with E-state index in [0.717, 1.165) is 27.8 Å². The molecule has 0 fully saturated rings. The van der Waals surface area contributed by atoms with Gasteiger partial charge in [-0.15, -0.1) is 10.2 Å². The normalized spacial score (nSPS) is 11.4. The van der Waals surface area contributed by atoms with Gasteiger partial charge in [-0.3, -0.25) is 0 Å². The minimum Gasteiger partial charge on any atom is -0.416 e. The molecule has 0 atom stereocenters. The number of rotatable bonds is 5. The van der Waals surface area contributed by atoms with Gasteiger partial charge >= 0.3 is 0 Å². The fraction of sp³-hybridized carbons (Fsp3) is 0.0500. The van der Waals surface area contributed by atoms with Gasteiger partial charge in [0.25, 0.3) is 0 Å². The van der Waals surface area contributed by atoms with Crippen LogP contribution in [0.3, 0.4) is 0 Å². The van der Waals surface area contributed by atoms with Gasteiger partial charge in [0.05, 0.1) is 11.0 Å². The van der Waals surface area contributed by atoms with Gasteiger partial charge in [-0.05, 0) is 96.8 Å². The standard InChI is InChI=1S/C40H29N3O/c1-26-8-12-28(13-9-26)32-18-22-37-35(24-32)36-25-33(29-14-10-27(2)11-15-29)19-23-38(36)43(37)34-20-16-31(17-21-34)40-42-41-39(44-40)30-6-4-3-5-7-30/h3-25H,1-2H3. The zero-order chi connectivity index (χ0) is 29.6. The van der Waals surface area contributed by atoms with Gasteiger partial charge in [-0.1, -0.05) is 90.0 Å². The molecule has 0 saturated heterocycles. The van der Waals surface area contributed by atoms with Crippen LogP contribution in [-0.4, -0.2) is 14.8 Å². The second-order valence-electron chi connectivity index (χ2n) is 11.4. The first-order valence-corrected chi connectivity index (χ1v) is 14.8. The lowest BCUT2D eigenvalue weighted by Crippen LogP contribution is -1.94. The topological polar surface area (TPSA) is 43.9 Å². The molecule has 0 aliphatic carbocycles. The zero-order valence-corrected chi connectivity index (χ0v) is 24.5. The number of benzene rings is 6. The Kier molecular flexibility index (Phi) is 6.20. The van der Waals surface area contributed by atoms with Crippen molar-refractivity contribution in [2.75, 3.05) is 0 Å². The first-order valence-electron chi connectivity index (χ1n) is 14.8. The molecule has 2 aromatic heterocycles. The molecule has 0 amide bonds. The average Bonchev–Trinajstić information content (AvgIpc) is 3.69. The first-order chi connectivity index (χ1) is 21.6. The fourth-order valence-corrected chi connectivity index (χ4v) is 5.94. The maximum atomic E-state index is 6.02. The SMILES string of the molecule is Cc1ccc(-c2ccc3c(c2)c2cc(-c4ccc(C)cc4)ccc2n3-c2ccc(-c3nnc(-c4ccccc4)o3)cc2)cc1. The molecule has 2 heterocycles. The Morgan fingerprint density at radius 2 is 0.864 bits per heavy atom. The Balaban J connectivity index is 1.26. The molecule has 0 unspecified atom stereocenters. The summed E-state index contributed by atoms with van der Waals surface area (Å²) in [4.78, 5) is 0. The maximum Gasteiger partial charge on any atom is 0.248 e. The van der Waals surface area contributed by atoms with Crippen molar-refractivity contribution in [1.82, 2.24) is 14.8 Å². The molecule has 0 radical (unpaired) electrons. The summed E-state index contributed by atoms with van der Waals surface area (Å²) in [6, 6.07) is 49.3. The third-order valence-electron chi connectivity index (χ3n) is 8.35. The second kappa shape index (κ2) is 10.5. The summed E-state index contributed by atoms with van der Waals surface area (Å²) in [6.45, 7) is 4.25. The Morgan fingerprint density at radius 3 is 1.36 bits per heavy atom. The fourth-order valence-electron chi connectivity index (χ4n) is 5.94. The summed E-state index contributed by atoms with van der Waals surface area (Å²) < 4.78 is 8.37. The van der Waals surface area contributed by atoms with E-state index in [1.807, 2.05) is 30.3 Å². The number of nitrogens with zero attached hydrogens (tertiary/aromatic N) is 3. The number of hydrogen-bond acceptors (Lipinski definition) is 3. The Morgan fingerprint density at radius 1 is 0.432 bits per heavy atom. The van der Waals surface area contributed by atoms with Gasteiger partial charge in [0.15, 0.2) is 0 Å². The molecule has 4 nitrogen and oxygen atoms in total. The number of fused-ring (bicyclic) bond motifs is 3. The largest absolute Gasteiger partial charge is 0.416 e. The minimum atomic E-state index is 0.503. The van der Waals surface area contributed by atoms with Crippen LogP contribution in [0, 0.1) is 13.8 Å². The quantitative estimate of drug-likeness (QED) is 0.208. The van der Waals surface area contributed by atoms with Crippen molar-refractivity contribution in [3.05, 3.63) is 151 Å². The van der Waals surface area contributed by atoms with Crippen molar-refractivity contribution in [3.63, 3.8) is 0 Å². The van der Waals surface area contributed by atoms with E-state index >= 15 is 0 Å². The van der Waals surface area contributed by atoms with Crippen molar-refractivity contribution >= 4 is 21.8 Å². The molecule has 0 aliphatic rings. The maximum absolute atomic E-state index is 6.02. The van der Waals surface area contributed by atoms with Crippen LogP contribution in [0.25, 0.3) is 72.7 Å². The molecule has 44 heavy (non-hydrogen) atoms. The molecule has 8 rings (SSSR count). The van der Waals surface area contributed by atoms with Crippen molar-refractivity contribution in [1.29, 1.82) is 0 Å². The van der Waals surface area contributed by atoms with Crippen LogP contribution < -0.4 is 0 Å². The van der Waals surface area contributed by atoms with E-state index in [1.165, 1.54) is 44.2 Å². The minimum absolute atomic E-state index is 0.503. The summed E-state index contributed by atoms with van der Waals surface area (Å²) in [6.07, 6.45) is 0. The van der Waals surface area contributed by atoms with Gasteiger partial charge < -0.3 is 8.98 Å². The Hall–Kier alpha value is -5.74. The monoisotopic (exact) mass is 567 g/mol. The van der Waals surface area contributed by atoms with Gasteiger partial charge in [0.2, 0.25) is 11.8 Å². The molecule has 8 aromatic rings. The summed E-state index contributed by atoms with van der Waals surface area (Å²) in [5.74, 6) is 1.02. The molecule has 6 aromatic carbocycles. The van der Waals surface area contributed by atoms with E-state index in [-0.39, 0.29) is 0 Å². The highest BCUT2D eigenvalue weighted by Gasteiger charge is 2.16. The molecule has 4 heteroatoms. The van der Waals surface area contributed by atoms with Crippen LogP contribution in [0.15, 0.2) is 144 Å². The molecule has 0 spiro atoms. The lowest BCUT2D eigenvalue weighted by Gasteiger charge is -2.09. The first kappa shape index (κ1) is 25.9. The van der Waals surface area contributed by atoms with Crippen LogP contribution in [0.1, 0.15) is 11.1 Å². The van der Waals surface area contributed by atoms with Crippen molar-refractivity contribution in [3.8, 4) is 50.8 Å². The molecular formula is C40H29N3O. The average molecular weight is 568 g/mol. The van der Waals surface area contributed by atoms with E-state index in [2.05, 4.69) is 138 Å². The van der Waals surface area contributed by atoms with Gasteiger partial charge in [-0.25, -0.2) is 0 Å². The number of hydrogen-bond donors (Lipinski definition) is 0. The zero-order valence-electron chi connectivity index (χ0n) is 24.5. The highest BCUT2D eigenvalue weighted by Crippen LogP contribution is 2.37. The number of aromatic nitrogens is 3. The van der Waals surface area contributed by atoms with Crippen molar-refractivity contribution < 1.29 is 4.42 Å². The molecule has 0 aliphatic heterocycles. The predicted octanol–water partition coefficient (Wildman–Crippen LogP) is 10.5.